The number of nitrogens with two attached hydrogens (primary N) is 1. The van der Waals surface area contributed by atoms with Gasteiger partial charge in [0.05, 0.1) is 0 Å². The summed E-state index contributed by atoms with van der Waals surface area (Å²) in [6.45, 7) is 1.42. The van der Waals surface area contributed by atoms with Crippen LogP contribution in [-0.4, -0.2) is 12.5 Å². The molecule has 4 heteroatoms. The van der Waals surface area contributed by atoms with E-state index in [9.17, 15) is 4.79 Å². The number of thiophene rings is 1. The van der Waals surface area contributed by atoms with Crippen LogP contribution in [0, 0.1) is 0 Å². The molecule has 0 bridgehead atoms. The second kappa shape index (κ2) is 6.33. The highest BCUT2D eigenvalue weighted by atomic mass is 32.1. The molecular weight excluding hydrogens is 244 g/mol. The maximum atomic E-state index is 10.6. The van der Waals surface area contributed by atoms with E-state index in [-0.39, 0.29) is 5.91 Å². The molecule has 3 nitrogen and oxygen atoms in total. The first-order valence-corrected chi connectivity index (χ1v) is 6.75. The third-order valence-electron chi connectivity index (χ3n) is 2.61. The molecule has 2 rings (SSSR count). The number of rotatable bonds is 6. The first kappa shape index (κ1) is 12.8. The van der Waals surface area contributed by atoms with Gasteiger partial charge in [0.2, 0.25) is 5.91 Å². The average molecular weight is 260 g/mol. The second-order valence-corrected chi connectivity index (χ2v) is 5.06. The number of hydrogen-bond donors (Lipinski definition) is 2. The van der Waals surface area contributed by atoms with Crippen molar-refractivity contribution in [3.63, 3.8) is 0 Å². The van der Waals surface area contributed by atoms with Crippen LogP contribution < -0.4 is 11.1 Å². The number of amides is 1. The number of nitrogens with one attached hydrogen (secondary N) is 1. The molecule has 0 spiro atoms. The Labute approximate surface area is 111 Å². The molecule has 1 aromatic heterocycles. The minimum absolute atomic E-state index is 0.265. The monoisotopic (exact) mass is 260 g/mol. The first-order valence-electron chi connectivity index (χ1n) is 5.87. The molecule has 0 aliphatic carbocycles. The number of benzene rings is 1. The minimum Gasteiger partial charge on any atom is -0.370 e. The van der Waals surface area contributed by atoms with Gasteiger partial charge in [-0.3, -0.25) is 4.79 Å². The van der Waals surface area contributed by atoms with Crippen molar-refractivity contribution in [1.29, 1.82) is 0 Å². The molecule has 18 heavy (non-hydrogen) atoms. The Bertz CT molecular complexity index is 508. The molecule has 0 unspecified atom stereocenters. The van der Waals surface area contributed by atoms with E-state index in [0.717, 1.165) is 6.54 Å². The van der Waals surface area contributed by atoms with Gasteiger partial charge < -0.3 is 11.1 Å². The molecule has 1 aromatic carbocycles. The Morgan fingerprint density at radius 3 is 2.72 bits per heavy atom. The van der Waals surface area contributed by atoms with Crippen molar-refractivity contribution in [3.05, 3.63) is 46.7 Å². The van der Waals surface area contributed by atoms with E-state index in [4.69, 9.17) is 5.73 Å². The van der Waals surface area contributed by atoms with Crippen molar-refractivity contribution in [2.75, 3.05) is 6.54 Å². The van der Waals surface area contributed by atoms with Crippen LogP contribution in [-0.2, 0) is 11.3 Å². The van der Waals surface area contributed by atoms with Crippen molar-refractivity contribution in [2.45, 2.75) is 13.0 Å². The maximum Gasteiger partial charge on any atom is 0.218 e. The lowest BCUT2D eigenvalue weighted by Gasteiger charge is -2.00. The quantitative estimate of drug-likeness (QED) is 0.783. The Balaban J connectivity index is 1.89. The Morgan fingerprint density at radius 1 is 1.22 bits per heavy atom. The molecule has 0 radical (unpaired) electrons. The average Bonchev–Trinajstić information content (AvgIpc) is 2.84. The molecule has 94 valence electrons. The first-order chi connectivity index (χ1) is 8.75. The SMILES string of the molecule is NC(=O)CCNCc1cc(-c2ccccc2)cs1. The molecule has 1 heterocycles. The van der Waals surface area contributed by atoms with Crippen LogP contribution in [0.5, 0.6) is 0 Å². The van der Waals surface area contributed by atoms with E-state index in [1.165, 1.54) is 16.0 Å². The van der Waals surface area contributed by atoms with Gasteiger partial charge in [-0.15, -0.1) is 11.3 Å². The summed E-state index contributed by atoms with van der Waals surface area (Å²) in [5.74, 6) is -0.265. The van der Waals surface area contributed by atoms with Gasteiger partial charge >= 0.3 is 0 Å². The standard InChI is InChI=1S/C14H16N2OS/c15-14(17)6-7-16-9-13-8-12(10-18-13)11-4-2-1-3-5-11/h1-5,8,10,16H,6-7,9H2,(H2,15,17). The van der Waals surface area contributed by atoms with Gasteiger partial charge in [0, 0.05) is 24.4 Å². The molecule has 0 aliphatic heterocycles. The van der Waals surface area contributed by atoms with Crippen LogP contribution in [0.15, 0.2) is 41.8 Å². The summed E-state index contributed by atoms with van der Waals surface area (Å²) in [6.07, 6.45) is 0.386. The summed E-state index contributed by atoms with van der Waals surface area (Å²) < 4.78 is 0. The Kier molecular flexibility index (Phi) is 4.50. The number of carbonyl (C=O) groups is 1. The zero-order chi connectivity index (χ0) is 12.8. The summed E-state index contributed by atoms with van der Waals surface area (Å²) in [5.41, 5.74) is 7.55. The fraction of sp³-hybridized carbons (Fsp3) is 0.214. The molecule has 3 N–H and O–H groups in total. The third-order valence-corrected chi connectivity index (χ3v) is 3.55. The summed E-state index contributed by atoms with van der Waals surface area (Å²) in [7, 11) is 0. The fourth-order valence-electron chi connectivity index (χ4n) is 1.68. The van der Waals surface area contributed by atoms with Crippen LogP contribution >= 0.6 is 11.3 Å². The van der Waals surface area contributed by atoms with Gasteiger partial charge in [0.1, 0.15) is 0 Å². The molecule has 0 saturated carbocycles. The zero-order valence-corrected chi connectivity index (χ0v) is 10.9. The van der Waals surface area contributed by atoms with E-state index in [1.807, 2.05) is 18.2 Å². The van der Waals surface area contributed by atoms with Crippen LogP contribution in [0.4, 0.5) is 0 Å². The normalized spacial score (nSPS) is 10.4. The van der Waals surface area contributed by atoms with Crippen molar-refractivity contribution < 1.29 is 4.79 Å². The summed E-state index contributed by atoms with van der Waals surface area (Å²) in [6, 6.07) is 12.5. The molecule has 2 aromatic rings. The zero-order valence-electron chi connectivity index (χ0n) is 10.1. The molecule has 0 aliphatic rings. The molecule has 0 fully saturated rings. The molecule has 0 saturated heterocycles. The number of hydrogen-bond acceptors (Lipinski definition) is 3. The predicted octanol–water partition coefficient (Wildman–Crippen LogP) is 2.38. The van der Waals surface area contributed by atoms with Crippen LogP contribution in [0.3, 0.4) is 0 Å². The van der Waals surface area contributed by atoms with Crippen molar-refractivity contribution >= 4 is 17.2 Å². The van der Waals surface area contributed by atoms with E-state index < -0.39 is 0 Å². The highest BCUT2D eigenvalue weighted by Gasteiger charge is 2.02. The van der Waals surface area contributed by atoms with Gasteiger partial charge in [-0.2, -0.15) is 0 Å². The highest BCUT2D eigenvalue weighted by molar-refractivity contribution is 7.10. The lowest BCUT2D eigenvalue weighted by atomic mass is 10.1. The Hall–Kier alpha value is -1.65. The van der Waals surface area contributed by atoms with Crippen molar-refractivity contribution in [1.82, 2.24) is 5.32 Å². The molecular formula is C14H16N2OS. The Morgan fingerprint density at radius 2 is 2.00 bits per heavy atom. The van der Waals surface area contributed by atoms with E-state index in [0.29, 0.717) is 13.0 Å². The highest BCUT2D eigenvalue weighted by Crippen LogP contribution is 2.25. The fourth-order valence-corrected chi connectivity index (χ4v) is 2.54. The smallest absolute Gasteiger partial charge is 0.218 e. The second-order valence-electron chi connectivity index (χ2n) is 4.06. The van der Waals surface area contributed by atoms with Gasteiger partial charge in [0.15, 0.2) is 0 Å². The van der Waals surface area contributed by atoms with Crippen LogP contribution in [0.1, 0.15) is 11.3 Å². The number of carbonyl (C=O) groups excluding carboxylic acids is 1. The lowest BCUT2D eigenvalue weighted by molar-refractivity contribution is -0.117. The van der Waals surface area contributed by atoms with Crippen molar-refractivity contribution in [2.24, 2.45) is 5.73 Å². The summed E-state index contributed by atoms with van der Waals surface area (Å²) in [4.78, 5) is 11.8. The topological polar surface area (TPSA) is 55.1 Å². The molecule has 0 atom stereocenters. The van der Waals surface area contributed by atoms with Gasteiger partial charge in [-0.1, -0.05) is 30.3 Å². The van der Waals surface area contributed by atoms with Crippen molar-refractivity contribution in [3.8, 4) is 11.1 Å². The van der Waals surface area contributed by atoms with E-state index in [2.05, 4.69) is 28.9 Å². The summed E-state index contributed by atoms with van der Waals surface area (Å²) in [5, 5.41) is 5.36. The maximum absolute atomic E-state index is 10.6. The van der Waals surface area contributed by atoms with Gasteiger partial charge in [-0.25, -0.2) is 0 Å². The lowest BCUT2D eigenvalue weighted by Crippen LogP contribution is -2.21. The largest absolute Gasteiger partial charge is 0.370 e. The van der Waals surface area contributed by atoms with Crippen LogP contribution in [0.25, 0.3) is 11.1 Å². The number of primary amides is 1. The van der Waals surface area contributed by atoms with E-state index >= 15 is 0 Å². The van der Waals surface area contributed by atoms with E-state index in [1.54, 1.807) is 11.3 Å². The summed E-state index contributed by atoms with van der Waals surface area (Å²) >= 11 is 1.72. The van der Waals surface area contributed by atoms with Gasteiger partial charge in [-0.05, 0) is 22.6 Å². The van der Waals surface area contributed by atoms with Gasteiger partial charge in [0.25, 0.3) is 0 Å². The minimum atomic E-state index is -0.265. The third kappa shape index (κ3) is 3.68. The van der Waals surface area contributed by atoms with Crippen LogP contribution in [0.2, 0.25) is 0 Å². The predicted molar refractivity (Wildman–Crippen MR) is 75.3 cm³/mol. The molecule has 1 amide bonds.